The van der Waals surface area contributed by atoms with E-state index in [-0.39, 0.29) is 5.38 Å². The maximum atomic E-state index is 10.5. The topological polar surface area (TPSA) is 46.2 Å². The Bertz CT molecular complexity index is 178. The number of rotatable bonds is 4. The van der Waals surface area contributed by atoms with Crippen LogP contribution in [-0.4, -0.2) is 26.6 Å². The zero-order chi connectivity index (χ0) is 8.20. The largest absolute Gasteiger partial charge is 0.214 e. The fourth-order valence-corrected chi connectivity index (χ4v) is 1.06. The van der Waals surface area contributed by atoms with E-state index in [0.29, 0.717) is 6.54 Å². The summed E-state index contributed by atoms with van der Waals surface area (Å²) in [5.74, 6) is 0. The third-order valence-corrected chi connectivity index (χ3v) is 2.16. The molecular formula is C5H12ClNO2S. The minimum Gasteiger partial charge on any atom is -0.214 e. The van der Waals surface area contributed by atoms with Gasteiger partial charge in [-0.15, -0.1) is 11.6 Å². The first-order valence-corrected chi connectivity index (χ1v) is 5.37. The Morgan fingerprint density at radius 1 is 1.60 bits per heavy atom. The van der Waals surface area contributed by atoms with Crippen molar-refractivity contribution < 1.29 is 8.42 Å². The van der Waals surface area contributed by atoms with Gasteiger partial charge in [0, 0.05) is 11.9 Å². The van der Waals surface area contributed by atoms with Gasteiger partial charge in [-0.25, -0.2) is 13.1 Å². The van der Waals surface area contributed by atoms with Crippen LogP contribution in [-0.2, 0) is 10.0 Å². The molecule has 0 radical (unpaired) electrons. The van der Waals surface area contributed by atoms with Gasteiger partial charge in [-0.05, 0) is 6.42 Å². The van der Waals surface area contributed by atoms with Gasteiger partial charge in [-0.3, -0.25) is 0 Å². The first-order chi connectivity index (χ1) is 4.45. The highest BCUT2D eigenvalue weighted by molar-refractivity contribution is 7.88. The third kappa shape index (κ3) is 6.32. The van der Waals surface area contributed by atoms with Gasteiger partial charge in [-0.2, -0.15) is 0 Å². The van der Waals surface area contributed by atoms with Crippen molar-refractivity contribution in [2.75, 3.05) is 12.8 Å². The maximum absolute atomic E-state index is 10.5. The quantitative estimate of drug-likeness (QED) is 0.651. The number of sulfonamides is 1. The molecule has 0 aromatic carbocycles. The molecule has 0 aliphatic rings. The predicted molar refractivity (Wildman–Crippen MR) is 42.8 cm³/mol. The van der Waals surface area contributed by atoms with Gasteiger partial charge in [-0.1, -0.05) is 6.92 Å². The highest BCUT2D eigenvalue weighted by atomic mass is 35.5. The molecule has 0 rings (SSSR count). The lowest BCUT2D eigenvalue weighted by Crippen LogP contribution is -2.28. The lowest BCUT2D eigenvalue weighted by molar-refractivity contribution is 0.585. The Morgan fingerprint density at radius 2 is 2.10 bits per heavy atom. The second-order valence-electron chi connectivity index (χ2n) is 2.13. The molecule has 1 atom stereocenters. The molecule has 0 saturated heterocycles. The van der Waals surface area contributed by atoms with E-state index in [4.69, 9.17) is 11.6 Å². The molecule has 0 amide bonds. The highest BCUT2D eigenvalue weighted by Gasteiger charge is 2.04. The minimum atomic E-state index is -3.06. The molecule has 0 spiro atoms. The Labute approximate surface area is 66.8 Å². The van der Waals surface area contributed by atoms with Crippen LogP contribution in [0.15, 0.2) is 0 Å². The molecule has 0 saturated carbocycles. The third-order valence-electron chi connectivity index (χ3n) is 1.01. The summed E-state index contributed by atoms with van der Waals surface area (Å²) in [6.45, 7) is 2.22. The molecule has 0 heterocycles. The van der Waals surface area contributed by atoms with E-state index in [1.165, 1.54) is 0 Å². The van der Waals surface area contributed by atoms with Crippen molar-refractivity contribution in [3.05, 3.63) is 0 Å². The van der Waals surface area contributed by atoms with Crippen LogP contribution in [0.4, 0.5) is 0 Å². The standard InChI is InChI=1S/C5H12ClNO2S/c1-3-5(6)4-7-10(2,8)9/h5,7H,3-4H2,1-2H3. The van der Waals surface area contributed by atoms with E-state index >= 15 is 0 Å². The molecule has 10 heavy (non-hydrogen) atoms. The summed E-state index contributed by atoms with van der Waals surface area (Å²) in [4.78, 5) is 0. The maximum Gasteiger partial charge on any atom is 0.208 e. The molecule has 62 valence electrons. The number of nitrogens with one attached hydrogen (secondary N) is 1. The number of alkyl halides is 1. The smallest absolute Gasteiger partial charge is 0.208 e. The summed E-state index contributed by atoms with van der Waals surface area (Å²) in [6.07, 6.45) is 1.89. The van der Waals surface area contributed by atoms with Gasteiger partial charge >= 0.3 is 0 Å². The fraction of sp³-hybridized carbons (Fsp3) is 1.00. The van der Waals surface area contributed by atoms with Gasteiger partial charge in [0.05, 0.1) is 6.26 Å². The molecule has 0 fully saturated rings. The number of halogens is 1. The number of hydrogen-bond acceptors (Lipinski definition) is 2. The molecule has 1 unspecified atom stereocenters. The summed E-state index contributed by atoms with van der Waals surface area (Å²) >= 11 is 5.64. The van der Waals surface area contributed by atoms with Crippen LogP contribution >= 0.6 is 11.6 Å². The Kier molecular flexibility index (Phi) is 4.24. The van der Waals surface area contributed by atoms with Crippen molar-refractivity contribution in [1.29, 1.82) is 0 Å². The minimum absolute atomic E-state index is 0.102. The zero-order valence-electron chi connectivity index (χ0n) is 6.09. The zero-order valence-corrected chi connectivity index (χ0v) is 7.67. The summed E-state index contributed by atoms with van der Waals surface area (Å²) < 4.78 is 23.3. The highest BCUT2D eigenvalue weighted by Crippen LogP contribution is 1.98. The molecule has 0 aromatic rings. The van der Waals surface area contributed by atoms with E-state index in [1.807, 2.05) is 6.92 Å². The first-order valence-electron chi connectivity index (χ1n) is 3.04. The predicted octanol–water partition coefficient (Wildman–Crippen LogP) is 0.553. The average Bonchev–Trinajstić information content (AvgIpc) is 1.81. The normalized spacial score (nSPS) is 15.1. The van der Waals surface area contributed by atoms with Crippen molar-refractivity contribution in [3.63, 3.8) is 0 Å². The van der Waals surface area contributed by atoms with E-state index in [1.54, 1.807) is 0 Å². The SMILES string of the molecule is CCC(Cl)CNS(C)(=O)=O. The van der Waals surface area contributed by atoms with Crippen LogP contribution in [0.5, 0.6) is 0 Å². The molecule has 0 aliphatic carbocycles. The summed E-state index contributed by atoms with van der Waals surface area (Å²) in [5.41, 5.74) is 0. The average molecular weight is 186 g/mol. The lowest BCUT2D eigenvalue weighted by atomic mass is 10.3. The van der Waals surface area contributed by atoms with Crippen LogP contribution in [0.2, 0.25) is 0 Å². The lowest BCUT2D eigenvalue weighted by Gasteiger charge is -2.05. The van der Waals surface area contributed by atoms with Crippen LogP contribution in [0, 0.1) is 0 Å². The second-order valence-corrected chi connectivity index (χ2v) is 4.58. The van der Waals surface area contributed by atoms with Crippen molar-refractivity contribution in [3.8, 4) is 0 Å². The second kappa shape index (κ2) is 4.16. The van der Waals surface area contributed by atoms with E-state index < -0.39 is 10.0 Å². The first kappa shape index (κ1) is 10.2. The van der Waals surface area contributed by atoms with Gasteiger partial charge in [0.25, 0.3) is 0 Å². The van der Waals surface area contributed by atoms with E-state index in [9.17, 15) is 8.42 Å². The van der Waals surface area contributed by atoms with Crippen molar-refractivity contribution in [1.82, 2.24) is 4.72 Å². The summed E-state index contributed by atoms with van der Waals surface area (Å²) in [5, 5.41) is -0.102. The van der Waals surface area contributed by atoms with Gasteiger partial charge in [0.1, 0.15) is 0 Å². The molecule has 3 nitrogen and oxygen atoms in total. The van der Waals surface area contributed by atoms with Crippen molar-refractivity contribution >= 4 is 21.6 Å². The fourth-order valence-electron chi connectivity index (χ4n) is 0.386. The summed E-state index contributed by atoms with van der Waals surface area (Å²) in [7, 11) is -3.06. The molecule has 0 bridgehead atoms. The monoisotopic (exact) mass is 185 g/mol. The van der Waals surface area contributed by atoms with Crippen molar-refractivity contribution in [2.24, 2.45) is 0 Å². The Morgan fingerprint density at radius 3 is 2.40 bits per heavy atom. The number of hydrogen-bond donors (Lipinski definition) is 1. The van der Waals surface area contributed by atoms with Crippen LogP contribution in [0.25, 0.3) is 0 Å². The van der Waals surface area contributed by atoms with Gasteiger partial charge < -0.3 is 0 Å². The molecule has 0 aliphatic heterocycles. The van der Waals surface area contributed by atoms with E-state index in [2.05, 4.69) is 4.72 Å². The van der Waals surface area contributed by atoms with Crippen LogP contribution in [0.3, 0.4) is 0 Å². The van der Waals surface area contributed by atoms with Crippen LogP contribution in [0.1, 0.15) is 13.3 Å². The van der Waals surface area contributed by atoms with Crippen LogP contribution < -0.4 is 4.72 Å². The van der Waals surface area contributed by atoms with Crippen molar-refractivity contribution in [2.45, 2.75) is 18.7 Å². The van der Waals surface area contributed by atoms with Gasteiger partial charge in [0.15, 0.2) is 0 Å². The molecule has 1 N–H and O–H groups in total. The van der Waals surface area contributed by atoms with E-state index in [0.717, 1.165) is 12.7 Å². The molecule has 5 heteroatoms. The molecular weight excluding hydrogens is 174 g/mol. The Balaban J connectivity index is 3.56. The Hall–Kier alpha value is 0.200. The van der Waals surface area contributed by atoms with Gasteiger partial charge in [0.2, 0.25) is 10.0 Å². The molecule has 0 aromatic heterocycles. The summed E-state index contributed by atoms with van der Waals surface area (Å²) in [6, 6.07) is 0.